The number of hydrogen-bond acceptors (Lipinski definition) is 3. The van der Waals surface area contributed by atoms with Gasteiger partial charge in [0.25, 0.3) is 11.5 Å². The van der Waals surface area contributed by atoms with Gasteiger partial charge in [-0.15, -0.1) is 0 Å². The number of aromatic nitrogens is 1. The predicted molar refractivity (Wildman–Crippen MR) is 102 cm³/mol. The van der Waals surface area contributed by atoms with Crippen molar-refractivity contribution in [2.75, 3.05) is 11.9 Å². The summed E-state index contributed by atoms with van der Waals surface area (Å²) in [7, 11) is 0. The lowest BCUT2D eigenvalue weighted by Gasteiger charge is -2.10. The fraction of sp³-hybridized carbons (Fsp3) is 0.143. The van der Waals surface area contributed by atoms with E-state index in [2.05, 4.69) is 5.32 Å². The topological polar surface area (TPSA) is 60.3 Å². The molecule has 2 aromatic carbocycles. The molecule has 0 fully saturated rings. The smallest absolute Gasteiger partial charge is 0.257 e. The number of pyridine rings is 1. The number of benzene rings is 2. The maximum Gasteiger partial charge on any atom is 0.257 e. The maximum absolute atomic E-state index is 13.0. The van der Waals surface area contributed by atoms with Crippen LogP contribution in [0, 0.1) is 5.82 Å². The molecular weight excluding hydrogens is 347 g/mol. The Kier molecular flexibility index (Phi) is 5.66. The number of amides is 1. The van der Waals surface area contributed by atoms with Gasteiger partial charge in [-0.3, -0.25) is 9.59 Å². The summed E-state index contributed by atoms with van der Waals surface area (Å²) < 4.78 is 19.8. The van der Waals surface area contributed by atoms with E-state index < -0.39 is 0 Å². The summed E-state index contributed by atoms with van der Waals surface area (Å²) in [5.74, 6) is 0.0601. The highest BCUT2D eigenvalue weighted by molar-refractivity contribution is 6.04. The van der Waals surface area contributed by atoms with E-state index in [1.165, 1.54) is 35.0 Å². The Bertz CT molecular complexity index is 980. The van der Waals surface area contributed by atoms with E-state index in [1.54, 1.807) is 36.4 Å². The highest BCUT2D eigenvalue weighted by atomic mass is 19.1. The fourth-order valence-electron chi connectivity index (χ4n) is 2.58. The molecule has 1 N–H and O–H groups in total. The number of carbonyl (C=O) groups excluding carboxylic acids is 1. The van der Waals surface area contributed by atoms with E-state index in [9.17, 15) is 14.0 Å². The van der Waals surface area contributed by atoms with Crippen LogP contribution < -0.4 is 15.6 Å². The summed E-state index contributed by atoms with van der Waals surface area (Å²) in [5, 5.41) is 2.79. The Morgan fingerprint density at radius 2 is 1.74 bits per heavy atom. The largest absolute Gasteiger partial charge is 0.494 e. The normalized spacial score (nSPS) is 10.4. The molecule has 1 aromatic heterocycles. The van der Waals surface area contributed by atoms with Crippen LogP contribution in [0.1, 0.15) is 22.8 Å². The third-order valence-electron chi connectivity index (χ3n) is 3.94. The van der Waals surface area contributed by atoms with Crippen LogP contribution in [0.3, 0.4) is 0 Å². The first-order chi connectivity index (χ1) is 13.0. The summed E-state index contributed by atoms with van der Waals surface area (Å²) in [4.78, 5) is 24.5. The number of nitrogens with zero attached hydrogens (tertiary/aromatic N) is 1. The number of ether oxygens (including phenoxy) is 1. The van der Waals surface area contributed by atoms with Crippen molar-refractivity contribution in [1.82, 2.24) is 4.57 Å². The van der Waals surface area contributed by atoms with E-state index in [0.717, 1.165) is 11.3 Å². The van der Waals surface area contributed by atoms with Crippen molar-refractivity contribution in [3.05, 3.63) is 94.2 Å². The summed E-state index contributed by atoms with van der Waals surface area (Å²) in [5.41, 5.74) is 1.50. The van der Waals surface area contributed by atoms with Crippen LogP contribution in [0.5, 0.6) is 5.75 Å². The van der Waals surface area contributed by atoms with Crippen LogP contribution in [0.25, 0.3) is 0 Å². The molecule has 5 nitrogen and oxygen atoms in total. The molecule has 0 radical (unpaired) electrons. The molecule has 27 heavy (non-hydrogen) atoms. The molecule has 3 rings (SSSR count). The number of hydrogen-bond donors (Lipinski definition) is 1. The molecule has 0 saturated carbocycles. The number of anilines is 1. The zero-order valence-electron chi connectivity index (χ0n) is 14.8. The van der Waals surface area contributed by atoms with Gasteiger partial charge in [-0.1, -0.05) is 12.1 Å². The monoisotopic (exact) mass is 366 g/mol. The van der Waals surface area contributed by atoms with Crippen molar-refractivity contribution in [3.8, 4) is 5.75 Å². The third-order valence-corrected chi connectivity index (χ3v) is 3.94. The molecule has 1 amide bonds. The third kappa shape index (κ3) is 4.82. The minimum atomic E-state index is -0.338. The van der Waals surface area contributed by atoms with Crippen LogP contribution in [0.2, 0.25) is 0 Å². The Labute approximate surface area is 156 Å². The summed E-state index contributed by atoms with van der Waals surface area (Å²) >= 11 is 0. The van der Waals surface area contributed by atoms with E-state index in [1.807, 2.05) is 6.92 Å². The molecule has 0 aliphatic rings. The molecule has 0 spiro atoms. The molecule has 0 bridgehead atoms. The molecule has 0 atom stereocenters. The van der Waals surface area contributed by atoms with Gasteiger partial charge in [-0.25, -0.2) is 4.39 Å². The van der Waals surface area contributed by atoms with Gasteiger partial charge in [-0.05, 0) is 55.0 Å². The van der Waals surface area contributed by atoms with Gasteiger partial charge in [0.2, 0.25) is 0 Å². The molecule has 3 aromatic rings. The van der Waals surface area contributed by atoms with Crippen LogP contribution in [-0.2, 0) is 6.54 Å². The second-order valence-electron chi connectivity index (χ2n) is 5.92. The van der Waals surface area contributed by atoms with Crippen molar-refractivity contribution in [2.24, 2.45) is 0 Å². The summed E-state index contributed by atoms with van der Waals surface area (Å²) in [6, 6.07) is 15.7. The van der Waals surface area contributed by atoms with Gasteiger partial charge >= 0.3 is 0 Å². The zero-order chi connectivity index (χ0) is 19.2. The summed E-state index contributed by atoms with van der Waals surface area (Å²) in [6.07, 6.45) is 1.50. The second-order valence-corrected chi connectivity index (χ2v) is 5.92. The standard InChI is InChI=1S/C21H19FN2O3/c1-2-27-19-10-8-18(9-11-19)23-21(26)16-5-12-20(25)24(14-16)13-15-3-6-17(22)7-4-15/h3-12,14H,2,13H2,1H3,(H,23,26). The molecule has 1 heterocycles. The van der Waals surface area contributed by atoms with Crippen molar-refractivity contribution >= 4 is 11.6 Å². The number of nitrogens with one attached hydrogen (secondary N) is 1. The van der Waals surface area contributed by atoms with Crippen molar-refractivity contribution < 1.29 is 13.9 Å². The fourth-order valence-corrected chi connectivity index (χ4v) is 2.58. The predicted octanol–water partition coefficient (Wildman–Crippen LogP) is 3.69. The maximum atomic E-state index is 13.0. The molecule has 138 valence electrons. The highest BCUT2D eigenvalue weighted by Gasteiger charge is 2.09. The first-order valence-corrected chi connectivity index (χ1v) is 8.54. The molecule has 6 heteroatoms. The van der Waals surface area contributed by atoms with E-state index >= 15 is 0 Å². The molecule has 0 aliphatic carbocycles. The van der Waals surface area contributed by atoms with Gasteiger partial charge in [-0.2, -0.15) is 0 Å². The Morgan fingerprint density at radius 1 is 1.04 bits per heavy atom. The van der Waals surface area contributed by atoms with Crippen LogP contribution in [0.4, 0.5) is 10.1 Å². The van der Waals surface area contributed by atoms with Crippen LogP contribution >= 0.6 is 0 Å². The van der Waals surface area contributed by atoms with Gasteiger partial charge in [0.1, 0.15) is 11.6 Å². The van der Waals surface area contributed by atoms with Crippen molar-refractivity contribution in [1.29, 1.82) is 0 Å². The first-order valence-electron chi connectivity index (χ1n) is 8.54. The lowest BCUT2D eigenvalue weighted by Crippen LogP contribution is -2.22. The van der Waals surface area contributed by atoms with E-state index in [-0.39, 0.29) is 23.8 Å². The van der Waals surface area contributed by atoms with Gasteiger partial charge in [0, 0.05) is 18.0 Å². The van der Waals surface area contributed by atoms with Crippen molar-refractivity contribution in [2.45, 2.75) is 13.5 Å². The van der Waals surface area contributed by atoms with Crippen LogP contribution in [-0.4, -0.2) is 17.1 Å². The SMILES string of the molecule is CCOc1ccc(NC(=O)c2ccc(=O)n(Cc3ccc(F)cc3)c2)cc1. The Morgan fingerprint density at radius 3 is 2.41 bits per heavy atom. The molecular formula is C21H19FN2O3. The van der Waals surface area contributed by atoms with E-state index in [0.29, 0.717) is 17.9 Å². The Balaban J connectivity index is 1.75. The van der Waals surface area contributed by atoms with E-state index in [4.69, 9.17) is 4.74 Å². The van der Waals surface area contributed by atoms with Gasteiger partial charge in [0.05, 0.1) is 18.7 Å². The average Bonchev–Trinajstić information content (AvgIpc) is 2.67. The summed E-state index contributed by atoms with van der Waals surface area (Å²) in [6.45, 7) is 2.72. The van der Waals surface area contributed by atoms with Crippen molar-refractivity contribution in [3.63, 3.8) is 0 Å². The first kappa shape index (κ1) is 18.4. The molecule has 0 aliphatic heterocycles. The lowest BCUT2D eigenvalue weighted by atomic mass is 10.2. The number of carbonyl (C=O) groups is 1. The minimum absolute atomic E-state index is 0.239. The average molecular weight is 366 g/mol. The quantitative estimate of drug-likeness (QED) is 0.724. The Hall–Kier alpha value is -3.41. The van der Waals surface area contributed by atoms with Crippen LogP contribution in [0.15, 0.2) is 71.7 Å². The van der Waals surface area contributed by atoms with Gasteiger partial charge in [0.15, 0.2) is 0 Å². The number of rotatable bonds is 6. The second kappa shape index (κ2) is 8.31. The zero-order valence-corrected chi connectivity index (χ0v) is 14.8. The highest BCUT2D eigenvalue weighted by Crippen LogP contribution is 2.16. The molecule has 0 saturated heterocycles. The lowest BCUT2D eigenvalue weighted by molar-refractivity contribution is 0.102. The molecule has 0 unspecified atom stereocenters. The number of halogens is 1. The minimum Gasteiger partial charge on any atom is -0.494 e. The van der Waals surface area contributed by atoms with Gasteiger partial charge < -0.3 is 14.6 Å².